The van der Waals surface area contributed by atoms with E-state index in [1.54, 1.807) is 0 Å². The Morgan fingerprint density at radius 2 is 1.88 bits per heavy atom. The number of rotatable bonds is 6. The molecule has 0 unspecified atom stereocenters. The van der Waals surface area contributed by atoms with E-state index < -0.39 is 0 Å². The quantitative estimate of drug-likeness (QED) is 0.841. The summed E-state index contributed by atoms with van der Waals surface area (Å²) >= 11 is 0. The van der Waals surface area contributed by atoms with E-state index in [0.29, 0.717) is 19.4 Å². The second-order valence-electron chi connectivity index (χ2n) is 7.44. The molecule has 2 aromatic rings. The molecule has 1 saturated carbocycles. The first kappa shape index (κ1) is 17.7. The van der Waals surface area contributed by atoms with Gasteiger partial charge in [-0.05, 0) is 67.3 Å². The molecule has 4 nitrogen and oxygen atoms in total. The predicted octanol–water partition coefficient (Wildman–Crippen LogP) is 3.77. The first-order valence-corrected chi connectivity index (χ1v) is 9.43. The standard InChI is InChI=1S/C21H28N2O2/c1-14-11-18-13-17(21(25)23-19(18)12-15(14)2)9-10-22-20(24)8-7-16-5-3-4-6-16/h11-13,16H,3-10H2,1-2H3,(H,22,24)(H,23,25). The maximum absolute atomic E-state index is 12.2. The van der Waals surface area contributed by atoms with E-state index >= 15 is 0 Å². The van der Waals surface area contributed by atoms with E-state index in [1.807, 2.05) is 19.1 Å². The SMILES string of the molecule is Cc1cc2cc(CCNC(=O)CCC3CCCC3)c(=O)[nH]c2cc1C. The second-order valence-corrected chi connectivity index (χ2v) is 7.44. The van der Waals surface area contributed by atoms with Gasteiger partial charge in [-0.2, -0.15) is 0 Å². The number of aryl methyl sites for hydroxylation is 2. The maximum atomic E-state index is 12.2. The van der Waals surface area contributed by atoms with Crippen LogP contribution < -0.4 is 10.9 Å². The van der Waals surface area contributed by atoms with Gasteiger partial charge < -0.3 is 10.3 Å². The number of benzene rings is 1. The van der Waals surface area contributed by atoms with Crippen LogP contribution in [0.2, 0.25) is 0 Å². The molecule has 2 N–H and O–H groups in total. The summed E-state index contributed by atoms with van der Waals surface area (Å²) in [5, 5.41) is 4.01. The van der Waals surface area contributed by atoms with Crippen molar-refractivity contribution in [2.45, 2.75) is 58.8 Å². The lowest BCUT2D eigenvalue weighted by Gasteiger charge is -2.10. The van der Waals surface area contributed by atoms with E-state index in [1.165, 1.54) is 36.8 Å². The Balaban J connectivity index is 1.55. The molecule has 25 heavy (non-hydrogen) atoms. The first-order chi connectivity index (χ1) is 12.0. The molecule has 1 aromatic heterocycles. The van der Waals surface area contributed by atoms with E-state index in [4.69, 9.17) is 0 Å². The molecule has 0 atom stereocenters. The average Bonchev–Trinajstić information content (AvgIpc) is 3.09. The first-order valence-electron chi connectivity index (χ1n) is 9.43. The largest absolute Gasteiger partial charge is 0.356 e. The minimum atomic E-state index is -0.0593. The third-order valence-corrected chi connectivity index (χ3v) is 5.51. The maximum Gasteiger partial charge on any atom is 0.251 e. The molecular formula is C21H28N2O2. The predicted molar refractivity (Wildman–Crippen MR) is 102 cm³/mol. The number of carbonyl (C=O) groups is 1. The van der Waals surface area contributed by atoms with Crippen LogP contribution in [0.25, 0.3) is 10.9 Å². The number of H-pyrrole nitrogens is 1. The van der Waals surface area contributed by atoms with Crippen LogP contribution in [0.3, 0.4) is 0 Å². The number of nitrogens with one attached hydrogen (secondary N) is 2. The second kappa shape index (κ2) is 7.85. The van der Waals surface area contributed by atoms with Gasteiger partial charge in [0.15, 0.2) is 0 Å². The van der Waals surface area contributed by atoms with Crippen molar-refractivity contribution in [1.29, 1.82) is 0 Å². The van der Waals surface area contributed by atoms with E-state index in [-0.39, 0.29) is 11.5 Å². The fourth-order valence-corrected chi connectivity index (χ4v) is 3.77. The molecular weight excluding hydrogens is 312 g/mol. The number of carbonyl (C=O) groups excluding carboxylic acids is 1. The van der Waals surface area contributed by atoms with Crippen molar-refractivity contribution in [3.8, 4) is 0 Å². The van der Waals surface area contributed by atoms with Crippen LogP contribution in [0, 0.1) is 19.8 Å². The third kappa shape index (κ3) is 4.50. The molecule has 0 spiro atoms. The van der Waals surface area contributed by atoms with Crippen molar-refractivity contribution in [3.05, 3.63) is 45.2 Å². The monoisotopic (exact) mass is 340 g/mol. The van der Waals surface area contributed by atoms with Crippen LogP contribution in [0.4, 0.5) is 0 Å². The lowest BCUT2D eigenvalue weighted by atomic mass is 10.0. The summed E-state index contributed by atoms with van der Waals surface area (Å²) in [7, 11) is 0. The number of fused-ring (bicyclic) bond motifs is 1. The number of pyridine rings is 1. The summed E-state index contributed by atoms with van der Waals surface area (Å²) in [6.07, 6.45) is 7.36. The van der Waals surface area contributed by atoms with Crippen molar-refractivity contribution in [1.82, 2.24) is 10.3 Å². The van der Waals surface area contributed by atoms with Gasteiger partial charge in [0.05, 0.1) is 0 Å². The Bertz CT molecular complexity index is 816. The summed E-state index contributed by atoms with van der Waals surface area (Å²) in [6, 6.07) is 6.07. The molecule has 1 aliphatic rings. The van der Waals surface area contributed by atoms with Gasteiger partial charge in [0, 0.05) is 24.0 Å². The Morgan fingerprint density at radius 1 is 1.16 bits per heavy atom. The van der Waals surface area contributed by atoms with Crippen LogP contribution in [-0.2, 0) is 11.2 Å². The zero-order chi connectivity index (χ0) is 17.8. The van der Waals surface area contributed by atoms with Crippen molar-refractivity contribution in [2.75, 3.05) is 6.54 Å². The number of hydrogen-bond donors (Lipinski definition) is 2. The normalized spacial score (nSPS) is 15.0. The molecule has 1 fully saturated rings. The fraction of sp³-hybridized carbons (Fsp3) is 0.524. The van der Waals surface area contributed by atoms with Crippen molar-refractivity contribution < 1.29 is 4.79 Å². The van der Waals surface area contributed by atoms with Crippen LogP contribution in [0.1, 0.15) is 55.2 Å². The molecule has 0 saturated heterocycles. The molecule has 134 valence electrons. The molecule has 1 amide bonds. The summed E-state index contributed by atoms with van der Waals surface area (Å²) in [4.78, 5) is 27.2. The van der Waals surface area contributed by atoms with Crippen LogP contribution in [0.5, 0.6) is 0 Å². The fourth-order valence-electron chi connectivity index (χ4n) is 3.77. The third-order valence-electron chi connectivity index (χ3n) is 5.51. The van der Waals surface area contributed by atoms with Gasteiger partial charge in [-0.3, -0.25) is 9.59 Å². The van der Waals surface area contributed by atoms with Crippen molar-refractivity contribution in [3.63, 3.8) is 0 Å². The highest BCUT2D eigenvalue weighted by atomic mass is 16.1. The van der Waals surface area contributed by atoms with Crippen molar-refractivity contribution >= 4 is 16.8 Å². The van der Waals surface area contributed by atoms with E-state index in [2.05, 4.69) is 23.3 Å². The lowest BCUT2D eigenvalue weighted by Crippen LogP contribution is -2.27. The molecule has 0 bridgehead atoms. The number of aromatic nitrogens is 1. The van der Waals surface area contributed by atoms with Crippen molar-refractivity contribution in [2.24, 2.45) is 5.92 Å². The van der Waals surface area contributed by atoms with E-state index in [0.717, 1.165) is 28.8 Å². The minimum absolute atomic E-state index is 0.0593. The molecule has 1 aliphatic carbocycles. The van der Waals surface area contributed by atoms with Gasteiger partial charge in [-0.15, -0.1) is 0 Å². The van der Waals surface area contributed by atoms with Crippen LogP contribution in [-0.4, -0.2) is 17.4 Å². The molecule has 0 aliphatic heterocycles. The highest BCUT2D eigenvalue weighted by Gasteiger charge is 2.16. The highest BCUT2D eigenvalue weighted by molar-refractivity contribution is 5.80. The Morgan fingerprint density at radius 3 is 2.64 bits per heavy atom. The molecule has 4 heteroatoms. The topological polar surface area (TPSA) is 62.0 Å². The summed E-state index contributed by atoms with van der Waals surface area (Å²) < 4.78 is 0. The molecule has 3 rings (SSSR count). The number of hydrogen-bond acceptors (Lipinski definition) is 2. The summed E-state index contributed by atoms with van der Waals surface area (Å²) in [5.41, 5.74) is 3.93. The zero-order valence-corrected chi connectivity index (χ0v) is 15.3. The Labute approximate surface area is 149 Å². The Kier molecular flexibility index (Phi) is 5.57. The van der Waals surface area contributed by atoms with Crippen LogP contribution in [0.15, 0.2) is 23.0 Å². The Hall–Kier alpha value is -2.10. The van der Waals surface area contributed by atoms with Gasteiger partial charge in [-0.1, -0.05) is 25.7 Å². The highest BCUT2D eigenvalue weighted by Crippen LogP contribution is 2.28. The zero-order valence-electron chi connectivity index (χ0n) is 15.3. The van der Waals surface area contributed by atoms with Crippen LogP contribution >= 0.6 is 0 Å². The molecule has 1 heterocycles. The lowest BCUT2D eigenvalue weighted by molar-refractivity contribution is -0.121. The minimum Gasteiger partial charge on any atom is -0.356 e. The van der Waals surface area contributed by atoms with Gasteiger partial charge in [0.2, 0.25) is 5.91 Å². The summed E-state index contributed by atoms with van der Waals surface area (Å²) in [6.45, 7) is 4.63. The summed E-state index contributed by atoms with van der Waals surface area (Å²) in [5.74, 6) is 0.844. The molecule has 0 radical (unpaired) electrons. The average molecular weight is 340 g/mol. The number of amides is 1. The van der Waals surface area contributed by atoms with E-state index in [9.17, 15) is 9.59 Å². The molecule has 1 aromatic carbocycles. The van der Waals surface area contributed by atoms with Gasteiger partial charge in [0.1, 0.15) is 0 Å². The number of aromatic amines is 1. The van der Waals surface area contributed by atoms with Gasteiger partial charge >= 0.3 is 0 Å². The van der Waals surface area contributed by atoms with Gasteiger partial charge in [-0.25, -0.2) is 0 Å². The smallest absolute Gasteiger partial charge is 0.251 e. The van der Waals surface area contributed by atoms with Gasteiger partial charge in [0.25, 0.3) is 5.56 Å².